The number of imidazole rings is 1. The Labute approximate surface area is 133 Å². The lowest BCUT2D eigenvalue weighted by atomic mass is 10.2. The molecule has 0 aliphatic rings. The van der Waals surface area contributed by atoms with Crippen molar-refractivity contribution in [1.29, 1.82) is 0 Å². The maximum absolute atomic E-state index is 5.98. The first-order valence-corrected chi connectivity index (χ1v) is 8.30. The molecule has 1 N–H and O–H groups in total. The average molecular weight is 320 g/mol. The zero-order valence-electron chi connectivity index (χ0n) is 12.1. The Morgan fingerprint density at radius 2 is 2.19 bits per heavy atom. The third-order valence-corrected chi connectivity index (χ3v) is 4.83. The van der Waals surface area contributed by atoms with Crippen LogP contribution < -0.4 is 5.32 Å². The molecule has 0 saturated heterocycles. The van der Waals surface area contributed by atoms with Gasteiger partial charge in [-0.15, -0.1) is 11.3 Å². The zero-order chi connectivity index (χ0) is 14.8. The van der Waals surface area contributed by atoms with E-state index in [4.69, 9.17) is 11.6 Å². The quantitative estimate of drug-likeness (QED) is 0.755. The van der Waals surface area contributed by atoms with E-state index in [0.29, 0.717) is 6.04 Å². The van der Waals surface area contributed by atoms with Crippen LogP contribution in [0.5, 0.6) is 0 Å². The first kappa shape index (κ1) is 14.6. The lowest BCUT2D eigenvalue weighted by Crippen LogP contribution is -2.23. The standard InChI is InChI=1S/C16H18ClN3S/c1-11(13-9-16(17)21-10-13)18-7-8-20-12(2)19-14-5-3-4-6-15(14)20/h3-6,9-11,18H,7-8H2,1-2H3. The monoisotopic (exact) mass is 319 g/mol. The van der Waals surface area contributed by atoms with Crippen LogP contribution in [0.3, 0.4) is 0 Å². The lowest BCUT2D eigenvalue weighted by Gasteiger charge is -2.13. The Balaban J connectivity index is 1.65. The van der Waals surface area contributed by atoms with Crippen molar-refractivity contribution in [2.24, 2.45) is 0 Å². The summed E-state index contributed by atoms with van der Waals surface area (Å²) >= 11 is 7.56. The van der Waals surface area contributed by atoms with Crippen molar-refractivity contribution in [1.82, 2.24) is 14.9 Å². The predicted molar refractivity (Wildman–Crippen MR) is 90.2 cm³/mol. The number of para-hydroxylation sites is 2. The molecule has 0 radical (unpaired) electrons. The minimum atomic E-state index is 0.309. The van der Waals surface area contributed by atoms with Crippen LogP contribution in [0.25, 0.3) is 11.0 Å². The smallest absolute Gasteiger partial charge is 0.106 e. The minimum Gasteiger partial charge on any atom is -0.327 e. The number of nitrogens with one attached hydrogen (secondary N) is 1. The van der Waals surface area contributed by atoms with Gasteiger partial charge in [0.25, 0.3) is 0 Å². The third kappa shape index (κ3) is 3.12. The number of nitrogens with zero attached hydrogens (tertiary/aromatic N) is 2. The van der Waals surface area contributed by atoms with Gasteiger partial charge < -0.3 is 9.88 Å². The number of fused-ring (bicyclic) bond motifs is 1. The van der Waals surface area contributed by atoms with Crippen molar-refractivity contribution in [3.05, 3.63) is 51.4 Å². The van der Waals surface area contributed by atoms with E-state index < -0.39 is 0 Å². The first-order chi connectivity index (χ1) is 10.1. The number of benzene rings is 1. The van der Waals surface area contributed by atoms with Crippen LogP contribution in [0.15, 0.2) is 35.7 Å². The molecule has 0 spiro atoms. The molecule has 21 heavy (non-hydrogen) atoms. The van der Waals surface area contributed by atoms with Crippen molar-refractivity contribution in [2.45, 2.75) is 26.4 Å². The zero-order valence-corrected chi connectivity index (χ0v) is 13.7. The Morgan fingerprint density at radius 3 is 2.95 bits per heavy atom. The van der Waals surface area contributed by atoms with Gasteiger partial charge >= 0.3 is 0 Å². The molecular formula is C16H18ClN3S. The number of thiophene rings is 1. The van der Waals surface area contributed by atoms with E-state index in [-0.39, 0.29) is 0 Å². The van der Waals surface area contributed by atoms with E-state index >= 15 is 0 Å². The number of hydrogen-bond acceptors (Lipinski definition) is 3. The van der Waals surface area contributed by atoms with Crippen molar-refractivity contribution < 1.29 is 0 Å². The van der Waals surface area contributed by atoms with Crippen LogP contribution in [0.4, 0.5) is 0 Å². The van der Waals surface area contributed by atoms with E-state index in [9.17, 15) is 0 Å². The second-order valence-corrected chi connectivity index (χ2v) is 6.70. The molecule has 110 valence electrons. The van der Waals surface area contributed by atoms with Gasteiger partial charge in [0.05, 0.1) is 15.4 Å². The van der Waals surface area contributed by atoms with Gasteiger partial charge in [-0.05, 0) is 43.0 Å². The molecule has 0 aliphatic carbocycles. The Morgan fingerprint density at radius 1 is 1.38 bits per heavy atom. The van der Waals surface area contributed by atoms with Gasteiger partial charge in [0.15, 0.2) is 0 Å². The summed E-state index contributed by atoms with van der Waals surface area (Å²) in [5.74, 6) is 1.06. The predicted octanol–water partition coefficient (Wildman–Crippen LogP) is 4.41. The molecule has 0 aliphatic heterocycles. The Kier molecular flexibility index (Phi) is 4.29. The normalized spacial score (nSPS) is 12.9. The number of hydrogen-bond donors (Lipinski definition) is 1. The molecule has 1 atom stereocenters. The highest BCUT2D eigenvalue weighted by atomic mass is 35.5. The van der Waals surface area contributed by atoms with Gasteiger partial charge in [0.1, 0.15) is 5.82 Å². The largest absolute Gasteiger partial charge is 0.327 e. The molecule has 1 unspecified atom stereocenters. The summed E-state index contributed by atoms with van der Waals surface area (Å²) in [5, 5.41) is 5.65. The van der Waals surface area contributed by atoms with Gasteiger partial charge in [-0.2, -0.15) is 0 Å². The highest BCUT2D eigenvalue weighted by molar-refractivity contribution is 7.14. The minimum absolute atomic E-state index is 0.309. The molecular weight excluding hydrogens is 302 g/mol. The van der Waals surface area contributed by atoms with Crippen LogP contribution in [-0.2, 0) is 6.54 Å². The van der Waals surface area contributed by atoms with Gasteiger partial charge in [-0.3, -0.25) is 0 Å². The molecule has 5 heteroatoms. The second kappa shape index (κ2) is 6.18. The highest BCUT2D eigenvalue weighted by Crippen LogP contribution is 2.24. The summed E-state index contributed by atoms with van der Waals surface area (Å²) in [6.07, 6.45) is 0. The van der Waals surface area contributed by atoms with Crippen LogP contribution >= 0.6 is 22.9 Å². The fraction of sp³-hybridized carbons (Fsp3) is 0.312. The maximum atomic E-state index is 5.98. The first-order valence-electron chi connectivity index (χ1n) is 7.04. The van der Waals surface area contributed by atoms with Crippen LogP contribution in [-0.4, -0.2) is 16.1 Å². The van der Waals surface area contributed by atoms with Crippen LogP contribution in [0.2, 0.25) is 4.34 Å². The SMILES string of the molecule is Cc1nc2ccccc2n1CCNC(C)c1csc(Cl)c1. The van der Waals surface area contributed by atoms with Gasteiger partial charge in [0.2, 0.25) is 0 Å². The third-order valence-electron chi connectivity index (χ3n) is 3.72. The molecule has 3 nitrogen and oxygen atoms in total. The molecule has 2 aromatic heterocycles. The summed E-state index contributed by atoms with van der Waals surface area (Å²) in [5.41, 5.74) is 3.51. The molecule has 3 aromatic rings. The maximum Gasteiger partial charge on any atom is 0.106 e. The Bertz CT molecular complexity index is 747. The number of halogens is 1. The van der Waals surface area contributed by atoms with Crippen molar-refractivity contribution in [3.8, 4) is 0 Å². The summed E-state index contributed by atoms with van der Waals surface area (Å²) in [4.78, 5) is 4.59. The van der Waals surface area contributed by atoms with Crippen LogP contribution in [0.1, 0.15) is 24.4 Å². The highest BCUT2D eigenvalue weighted by Gasteiger charge is 2.09. The summed E-state index contributed by atoms with van der Waals surface area (Å²) < 4.78 is 3.10. The lowest BCUT2D eigenvalue weighted by molar-refractivity contribution is 0.532. The molecule has 2 heterocycles. The van der Waals surface area contributed by atoms with Crippen molar-refractivity contribution in [3.63, 3.8) is 0 Å². The van der Waals surface area contributed by atoms with Crippen molar-refractivity contribution in [2.75, 3.05) is 6.54 Å². The fourth-order valence-electron chi connectivity index (χ4n) is 2.54. The average Bonchev–Trinajstić information content (AvgIpc) is 3.03. The van der Waals surface area contributed by atoms with Crippen molar-refractivity contribution >= 4 is 34.0 Å². The number of aromatic nitrogens is 2. The van der Waals surface area contributed by atoms with E-state index in [0.717, 1.165) is 28.8 Å². The summed E-state index contributed by atoms with van der Waals surface area (Å²) in [6, 6.07) is 10.6. The number of rotatable bonds is 5. The second-order valence-electron chi connectivity index (χ2n) is 5.16. The van der Waals surface area contributed by atoms with Gasteiger partial charge in [-0.1, -0.05) is 23.7 Å². The summed E-state index contributed by atoms with van der Waals surface area (Å²) in [6.45, 7) is 6.03. The molecule has 1 aromatic carbocycles. The van der Waals surface area contributed by atoms with Crippen LogP contribution in [0, 0.1) is 6.92 Å². The molecule has 3 rings (SSSR count). The van der Waals surface area contributed by atoms with E-state index in [1.54, 1.807) is 11.3 Å². The topological polar surface area (TPSA) is 29.9 Å². The molecule has 0 fully saturated rings. The van der Waals surface area contributed by atoms with E-state index in [1.807, 2.05) is 12.1 Å². The molecule has 0 amide bonds. The van der Waals surface area contributed by atoms with Gasteiger partial charge in [-0.25, -0.2) is 4.98 Å². The van der Waals surface area contributed by atoms with E-state index in [1.165, 1.54) is 11.1 Å². The van der Waals surface area contributed by atoms with Gasteiger partial charge in [0, 0.05) is 19.1 Å². The summed E-state index contributed by atoms with van der Waals surface area (Å²) in [7, 11) is 0. The molecule has 0 saturated carbocycles. The fourth-order valence-corrected chi connectivity index (χ4v) is 3.52. The molecule has 0 bridgehead atoms. The Hall–Kier alpha value is -1.36. The number of aryl methyl sites for hydroxylation is 1. The van der Waals surface area contributed by atoms with E-state index in [2.05, 4.69) is 52.3 Å².